The lowest BCUT2D eigenvalue weighted by molar-refractivity contribution is -0.143. The lowest BCUT2D eigenvalue weighted by Gasteiger charge is -2.37. The number of nitrogens with two attached hydrogens (primary N) is 1. The molecule has 2 atom stereocenters. The molecule has 2 N–H and O–H groups in total. The summed E-state index contributed by atoms with van der Waals surface area (Å²) in [5.41, 5.74) is 10.7. The molecule has 35 heavy (non-hydrogen) atoms. The topological polar surface area (TPSA) is 94.2 Å². The van der Waals surface area contributed by atoms with Gasteiger partial charge in [-0.15, -0.1) is 0 Å². The summed E-state index contributed by atoms with van der Waals surface area (Å²) in [6.45, 7) is 8.55. The molecule has 0 saturated heterocycles. The van der Waals surface area contributed by atoms with Gasteiger partial charge >= 0.3 is 12.0 Å². The van der Waals surface area contributed by atoms with Gasteiger partial charge in [0.1, 0.15) is 18.3 Å². The largest absolute Gasteiger partial charge is 0.489 e. The maximum Gasteiger partial charge on any atom is 0.319 e. The van der Waals surface area contributed by atoms with Gasteiger partial charge < -0.3 is 15.2 Å². The number of aliphatic imine (C=N–C) groups is 1. The maximum atomic E-state index is 13.0. The molecule has 0 aliphatic carbocycles. The predicted molar refractivity (Wildman–Crippen MR) is 137 cm³/mol. The van der Waals surface area contributed by atoms with E-state index >= 15 is 0 Å². The number of primary amides is 1. The first-order chi connectivity index (χ1) is 16.8. The molecule has 2 unspecified atom stereocenters. The lowest BCUT2D eigenvalue weighted by Crippen LogP contribution is -2.44. The molecule has 2 amide bonds. The second-order valence-electron chi connectivity index (χ2n) is 8.86. The molecule has 0 saturated carbocycles. The van der Waals surface area contributed by atoms with E-state index < -0.39 is 23.8 Å². The van der Waals surface area contributed by atoms with Crippen molar-refractivity contribution in [3.05, 3.63) is 76.6 Å². The van der Waals surface area contributed by atoms with E-state index in [0.29, 0.717) is 36.0 Å². The number of nitrogens with zero attached hydrogens (tertiary/aromatic N) is 2. The van der Waals surface area contributed by atoms with Crippen LogP contribution in [0.2, 0.25) is 0 Å². The van der Waals surface area contributed by atoms with Crippen LogP contribution >= 0.6 is 0 Å². The predicted octanol–water partition coefficient (Wildman–Crippen LogP) is 5.33. The number of para-hydroxylation sites is 1. The number of allylic oxidation sites excluding steroid dienone is 2. The second kappa shape index (κ2) is 11.7. The average Bonchev–Trinajstić information content (AvgIpc) is 2.84. The van der Waals surface area contributed by atoms with Crippen molar-refractivity contribution in [1.82, 2.24) is 4.90 Å². The third-order valence-corrected chi connectivity index (χ3v) is 6.31. The van der Waals surface area contributed by atoms with Crippen molar-refractivity contribution in [3.8, 4) is 5.75 Å². The first-order valence-corrected chi connectivity index (χ1v) is 12.0. The summed E-state index contributed by atoms with van der Waals surface area (Å²) in [6.07, 6.45) is 1.66. The highest BCUT2D eigenvalue weighted by Crippen LogP contribution is 2.44. The van der Waals surface area contributed by atoms with Crippen molar-refractivity contribution in [2.24, 2.45) is 16.6 Å². The molecular formula is C28H35N3O4. The summed E-state index contributed by atoms with van der Waals surface area (Å²) >= 11 is 0. The SMILES string of the molecule is CCCCN(C(N)=O)C1=C(C)N=C(C)C(C(=O)OC)C1c1ccccc1OCc1ccc(C)cc1. The summed E-state index contributed by atoms with van der Waals surface area (Å²) in [7, 11) is 1.36. The van der Waals surface area contributed by atoms with Crippen LogP contribution in [0.4, 0.5) is 4.79 Å². The molecule has 7 nitrogen and oxygen atoms in total. The minimum Gasteiger partial charge on any atom is -0.489 e. The zero-order valence-corrected chi connectivity index (χ0v) is 21.2. The number of methoxy groups -OCH3 is 1. The van der Waals surface area contributed by atoms with Gasteiger partial charge in [-0.2, -0.15) is 0 Å². The van der Waals surface area contributed by atoms with Gasteiger partial charge in [-0.25, -0.2) is 4.79 Å². The number of aryl methyl sites for hydroxylation is 1. The Hall–Kier alpha value is -3.61. The Labute approximate surface area is 207 Å². The fraction of sp³-hybridized carbons (Fsp3) is 0.393. The van der Waals surface area contributed by atoms with E-state index in [4.69, 9.17) is 15.2 Å². The average molecular weight is 478 g/mol. The molecule has 2 aromatic rings. The Morgan fingerprint density at radius 1 is 1.06 bits per heavy atom. The number of carbonyl (C=O) groups is 2. The summed E-state index contributed by atoms with van der Waals surface area (Å²) in [6, 6.07) is 15.2. The van der Waals surface area contributed by atoms with E-state index in [2.05, 4.69) is 4.99 Å². The Morgan fingerprint density at radius 2 is 1.74 bits per heavy atom. The number of benzene rings is 2. The van der Waals surface area contributed by atoms with Crippen molar-refractivity contribution < 1.29 is 19.1 Å². The highest BCUT2D eigenvalue weighted by Gasteiger charge is 2.43. The van der Waals surface area contributed by atoms with E-state index in [1.165, 1.54) is 12.7 Å². The molecule has 0 spiro atoms. The number of hydrogen-bond acceptors (Lipinski definition) is 5. The fourth-order valence-electron chi connectivity index (χ4n) is 4.52. The first-order valence-electron chi connectivity index (χ1n) is 12.0. The molecule has 186 valence electrons. The Kier molecular flexibility index (Phi) is 8.68. The highest BCUT2D eigenvalue weighted by molar-refractivity contribution is 6.04. The highest BCUT2D eigenvalue weighted by atomic mass is 16.5. The fourth-order valence-corrected chi connectivity index (χ4v) is 4.52. The summed E-state index contributed by atoms with van der Waals surface area (Å²) in [5.74, 6) is -1.05. The molecule has 1 aliphatic heterocycles. The number of ether oxygens (including phenoxy) is 2. The molecule has 7 heteroatoms. The van der Waals surface area contributed by atoms with Crippen LogP contribution in [-0.2, 0) is 16.1 Å². The van der Waals surface area contributed by atoms with E-state index in [1.807, 2.05) is 76.2 Å². The summed E-state index contributed by atoms with van der Waals surface area (Å²) in [5, 5.41) is 0. The number of amides is 2. The summed E-state index contributed by atoms with van der Waals surface area (Å²) in [4.78, 5) is 31.8. The normalized spacial score (nSPS) is 17.6. The van der Waals surface area contributed by atoms with Gasteiger partial charge in [0.15, 0.2) is 0 Å². The van der Waals surface area contributed by atoms with Crippen molar-refractivity contribution in [3.63, 3.8) is 0 Å². The smallest absolute Gasteiger partial charge is 0.319 e. The van der Waals surface area contributed by atoms with E-state index in [9.17, 15) is 9.59 Å². The molecule has 0 radical (unpaired) electrons. The quantitative estimate of drug-likeness (QED) is 0.494. The van der Waals surface area contributed by atoms with Gasteiger partial charge in [0, 0.05) is 23.7 Å². The van der Waals surface area contributed by atoms with Crippen molar-refractivity contribution in [2.75, 3.05) is 13.7 Å². The number of rotatable bonds is 9. The molecule has 1 aliphatic rings. The number of urea groups is 1. The molecular weight excluding hydrogens is 442 g/mol. The Morgan fingerprint density at radius 3 is 2.37 bits per heavy atom. The minimum absolute atomic E-state index is 0.368. The van der Waals surface area contributed by atoms with Crippen LogP contribution in [0, 0.1) is 12.8 Å². The minimum atomic E-state index is -0.716. The van der Waals surface area contributed by atoms with Crippen molar-refractivity contribution >= 4 is 17.7 Å². The zero-order valence-electron chi connectivity index (χ0n) is 21.2. The monoisotopic (exact) mass is 477 g/mol. The second-order valence-corrected chi connectivity index (χ2v) is 8.86. The van der Waals surface area contributed by atoms with Crippen LogP contribution in [0.5, 0.6) is 5.75 Å². The standard InChI is InChI=1S/C28H35N3O4/c1-6-7-16-31(28(29)33)26-20(4)30-19(3)24(27(32)34-5)25(26)22-10-8-9-11-23(22)35-17-21-14-12-18(2)13-15-21/h8-15,24-25H,6-7,16-17H2,1-5H3,(H2,29,33). The number of carbonyl (C=O) groups excluding carboxylic acids is 2. The number of esters is 1. The van der Waals surface area contributed by atoms with E-state index in [-0.39, 0.29) is 0 Å². The Bertz CT molecular complexity index is 1120. The Balaban J connectivity index is 2.11. The summed E-state index contributed by atoms with van der Waals surface area (Å²) < 4.78 is 11.4. The number of unbranched alkanes of at least 4 members (excludes halogenated alkanes) is 1. The van der Waals surface area contributed by atoms with Crippen LogP contribution in [0.1, 0.15) is 56.2 Å². The molecule has 0 aromatic heterocycles. The molecule has 2 aromatic carbocycles. The van der Waals surface area contributed by atoms with Gasteiger partial charge in [0.25, 0.3) is 0 Å². The van der Waals surface area contributed by atoms with Crippen LogP contribution < -0.4 is 10.5 Å². The third kappa shape index (κ3) is 5.91. The molecule has 0 bridgehead atoms. The van der Waals surface area contributed by atoms with Crippen LogP contribution in [-0.4, -0.2) is 36.3 Å². The van der Waals surface area contributed by atoms with Gasteiger partial charge in [0.05, 0.1) is 18.5 Å². The zero-order chi connectivity index (χ0) is 25.5. The van der Waals surface area contributed by atoms with Gasteiger partial charge in [0.2, 0.25) is 0 Å². The van der Waals surface area contributed by atoms with Gasteiger partial charge in [-0.1, -0.05) is 61.4 Å². The number of hydrogen-bond donors (Lipinski definition) is 1. The van der Waals surface area contributed by atoms with Gasteiger partial charge in [-0.3, -0.25) is 14.7 Å². The van der Waals surface area contributed by atoms with Crippen LogP contribution in [0.3, 0.4) is 0 Å². The van der Waals surface area contributed by atoms with E-state index in [1.54, 1.807) is 4.90 Å². The van der Waals surface area contributed by atoms with Crippen LogP contribution in [0.15, 0.2) is 64.9 Å². The van der Waals surface area contributed by atoms with Gasteiger partial charge in [-0.05, 0) is 38.8 Å². The molecule has 1 heterocycles. The maximum absolute atomic E-state index is 13.0. The molecule has 3 rings (SSSR count). The third-order valence-electron chi connectivity index (χ3n) is 6.31. The molecule has 0 fully saturated rings. The lowest BCUT2D eigenvalue weighted by atomic mass is 9.77. The van der Waals surface area contributed by atoms with E-state index in [0.717, 1.165) is 24.0 Å². The van der Waals surface area contributed by atoms with Crippen molar-refractivity contribution in [2.45, 2.75) is 53.1 Å². The van der Waals surface area contributed by atoms with Crippen molar-refractivity contribution in [1.29, 1.82) is 0 Å². The van der Waals surface area contributed by atoms with Crippen LogP contribution in [0.25, 0.3) is 0 Å². The first kappa shape index (κ1) is 26.0.